The van der Waals surface area contributed by atoms with Crippen molar-refractivity contribution < 1.29 is 0 Å². The van der Waals surface area contributed by atoms with Gasteiger partial charge in [0.2, 0.25) is 0 Å². The van der Waals surface area contributed by atoms with Crippen LogP contribution in [0.1, 0.15) is 19.4 Å². The molecule has 0 aromatic carbocycles. The van der Waals surface area contributed by atoms with Crippen LogP contribution in [0, 0.1) is 0 Å². The number of rotatable bonds is 5. The van der Waals surface area contributed by atoms with Crippen molar-refractivity contribution in [1.29, 1.82) is 0 Å². The molecular weight excluding hydrogens is 206 g/mol. The minimum atomic E-state index is 0.137. The third-order valence-corrected chi connectivity index (χ3v) is 2.84. The second-order valence-corrected chi connectivity index (χ2v) is 3.97. The molecule has 1 aromatic rings. The Kier molecular flexibility index (Phi) is 4.65. The first-order valence-corrected chi connectivity index (χ1v) is 5.48. The highest BCUT2D eigenvalue weighted by Crippen LogP contribution is 2.07. The fraction of sp³-hybridized carbons (Fsp3) is 0.455. The van der Waals surface area contributed by atoms with Gasteiger partial charge in [0.25, 0.3) is 0 Å². The zero-order valence-electron chi connectivity index (χ0n) is 9.18. The maximum Gasteiger partial charge on any atom is 0.0899 e. The first-order chi connectivity index (χ1) is 7.15. The maximum absolute atomic E-state index is 5.64. The van der Waals surface area contributed by atoms with Crippen LogP contribution in [0.25, 0.3) is 0 Å². The van der Waals surface area contributed by atoms with E-state index in [0.29, 0.717) is 4.99 Å². The summed E-state index contributed by atoms with van der Waals surface area (Å²) in [7, 11) is 0. The largest absolute Gasteiger partial charge is 0.392 e. The molecule has 0 saturated heterocycles. The summed E-state index contributed by atoms with van der Waals surface area (Å²) < 4.78 is 0. The number of pyridine rings is 1. The van der Waals surface area contributed by atoms with Gasteiger partial charge in [-0.2, -0.15) is 0 Å². The minimum absolute atomic E-state index is 0.137. The minimum Gasteiger partial charge on any atom is -0.392 e. The van der Waals surface area contributed by atoms with Crippen LogP contribution < -0.4 is 5.73 Å². The fourth-order valence-electron chi connectivity index (χ4n) is 1.43. The molecule has 0 radical (unpaired) electrons. The van der Waals surface area contributed by atoms with Crippen LogP contribution >= 0.6 is 12.2 Å². The van der Waals surface area contributed by atoms with E-state index in [1.165, 1.54) is 5.56 Å². The maximum atomic E-state index is 5.64. The van der Waals surface area contributed by atoms with E-state index in [-0.39, 0.29) is 6.04 Å². The molecule has 1 atom stereocenters. The Morgan fingerprint density at radius 1 is 1.53 bits per heavy atom. The average molecular weight is 223 g/mol. The average Bonchev–Trinajstić information content (AvgIpc) is 2.26. The highest BCUT2D eigenvalue weighted by Gasteiger charge is 2.14. The van der Waals surface area contributed by atoms with Crippen molar-refractivity contribution in [2.45, 2.75) is 26.4 Å². The van der Waals surface area contributed by atoms with Crippen LogP contribution in [0.3, 0.4) is 0 Å². The molecule has 0 amide bonds. The third kappa shape index (κ3) is 3.57. The van der Waals surface area contributed by atoms with Crippen molar-refractivity contribution in [3.8, 4) is 0 Å². The van der Waals surface area contributed by atoms with Crippen molar-refractivity contribution in [3.63, 3.8) is 0 Å². The van der Waals surface area contributed by atoms with Crippen molar-refractivity contribution in [1.82, 2.24) is 9.88 Å². The van der Waals surface area contributed by atoms with Crippen molar-refractivity contribution in [2.24, 2.45) is 5.73 Å². The van der Waals surface area contributed by atoms with E-state index in [0.717, 1.165) is 13.1 Å². The SMILES string of the molecule is CCN(Cc1ccncc1)C(C)C(N)=S. The fourth-order valence-corrected chi connectivity index (χ4v) is 1.57. The molecule has 0 bridgehead atoms. The van der Waals surface area contributed by atoms with Gasteiger partial charge in [-0.05, 0) is 31.2 Å². The first-order valence-electron chi connectivity index (χ1n) is 5.07. The van der Waals surface area contributed by atoms with Gasteiger partial charge in [0.1, 0.15) is 0 Å². The lowest BCUT2D eigenvalue weighted by atomic mass is 10.2. The van der Waals surface area contributed by atoms with E-state index in [1.807, 2.05) is 19.1 Å². The number of thiocarbonyl (C=S) groups is 1. The van der Waals surface area contributed by atoms with E-state index in [4.69, 9.17) is 18.0 Å². The molecule has 4 heteroatoms. The lowest BCUT2D eigenvalue weighted by Gasteiger charge is -2.26. The first kappa shape index (κ1) is 12.1. The van der Waals surface area contributed by atoms with Crippen LogP contribution in [0.5, 0.6) is 0 Å². The monoisotopic (exact) mass is 223 g/mol. The molecule has 0 fully saturated rings. The Balaban J connectivity index is 2.66. The predicted molar refractivity (Wildman–Crippen MR) is 66.6 cm³/mol. The van der Waals surface area contributed by atoms with E-state index in [1.54, 1.807) is 12.4 Å². The molecule has 15 heavy (non-hydrogen) atoms. The van der Waals surface area contributed by atoms with Gasteiger partial charge in [0.05, 0.1) is 11.0 Å². The molecule has 82 valence electrons. The van der Waals surface area contributed by atoms with Gasteiger partial charge in [-0.1, -0.05) is 19.1 Å². The van der Waals surface area contributed by atoms with Crippen LogP contribution in [0.2, 0.25) is 0 Å². The highest BCUT2D eigenvalue weighted by atomic mass is 32.1. The van der Waals surface area contributed by atoms with Crippen molar-refractivity contribution >= 4 is 17.2 Å². The zero-order chi connectivity index (χ0) is 11.3. The van der Waals surface area contributed by atoms with Gasteiger partial charge in [0.15, 0.2) is 0 Å². The number of nitrogens with two attached hydrogens (primary N) is 1. The van der Waals surface area contributed by atoms with E-state index < -0.39 is 0 Å². The summed E-state index contributed by atoms with van der Waals surface area (Å²) in [6.45, 7) is 5.93. The number of hydrogen-bond acceptors (Lipinski definition) is 3. The van der Waals surface area contributed by atoms with Gasteiger partial charge in [-0.15, -0.1) is 0 Å². The zero-order valence-corrected chi connectivity index (χ0v) is 10.00. The van der Waals surface area contributed by atoms with E-state index in [2.05, 4.69) is 16.8 Å². The van der Waals surface area contributed by atoms with Crippen LogP contribution in [-0.4, -0.2) is 27.5 Å². The lowest BCUT2D eigenvalue weighted by Crippen LogP contribution is -2.41. The molecule has 0 spiro atoms. The number of likely N-dealkylation sites (N-methyl/N-ethyl adjacent to an activating group) is 1. The van der Waals surface area contributed by atoms with Gasteiger partial charge >= 0.3 is 0 Å². The topological polar surface area (TPSA) is 42.2 Å². The van der Waals surface area contributed by atoms with Crippen LogP contribution in [0.4, 0.5) is 0 Å². The molecule has 1 aromatic heterocycles. The van der Waals surface area contributed by atoms with Gasteiger partial charge in [0, 0.05) is 18.9 Å². The van der Waals surface area contributed by atoms with E-state index >= 15 is 0 Å². The molecule has 0 aliphatic carbocycles. The van der Waals surface area contributed by atoms with Crippen molar-refractivity contribution in [2.75, 3.05) is 6.54 Å². The molecule has 2 N–H and O–H groups in total. The summed E-state index contributed by atoms with van der Waals surface area (Å²) in [5.41, 5.74) is 6.87. The molecule has 3 nitrogen and oxygen atoms in total. The summed E-state index contributed by atoms with van der Waals surface area (Å²) in [4.78, 5) is 6.77. The molecular formula is C11H17N3S. The normalized spacial score (nSPS) is 12.7. The van der Waals surface area contributed by atoms with Gasteiger partial charge in [-0.3, -0.25) is 9.88 Å². The van der Waals surface area contributed by atoms with Crippen LogP contribution in [-0.2, 0) is 6.54 Å². The van der Waals surface area contributed by atoms with Crippen LogP contribution in [0.15, 0.2) is 24.5 Å². The number of hydrogen-bond donors (Lipinski definition) is 1. The number of aromatic nitrogens is 1. The molecule has 0 saturated carbocycles. The highest BCUT2D eigenvalue weighted by molar-refractivity contribution is 7.80. The van der Waals surface area contributed by atoms with Crippen molar-refractivity contribution in [3.05, 3.63) is 30.1 Å². The third-order valence-electron chi connectivity index (χ3n) is 2.50. The lowest BCUT2D eigenvalue weighted by molar-refractivity contribution is 0.259. The summed E-state index contributed by atoms with van der Waals surface area (Å²) in [5.74, 6) is 0. The summed E-state index contributed by atoms with van der Waals surface area (Å²) >= 11 is 5.00. The second-order valence-electron chi connectivity index (χ2n) is 3.50. The summed E-state index contributed by atoms with van der Waals surface area (Å²) in [6, 6.07) is 4.15. The molecule has 1 rings (SSSR count). The Morgan fingerprint density at radius 2 is 2.13 bits per heavy atom. The second kappa shape index (κ2) is 5.78. The summed E-state index contributed by atoms with van der Waals surface area (Å²) in [5, 5.41) is 0. The standard InChI is InChI=1S/C11H17N3S/c1-3-14(9(2)11(12)15)8-10-4-6-13-7-5-10/h4-7,9H,3,8H2,1-2H3,(H2,12,15). The predicted octanol–water partition coefficient (Wildman–Crippen LogP) is 1.58. The van der Waals surface area contributed by atoms with E-state index in [9.17, 15) is 0 Å². The van der Waals surface area contributed by atoms with Gasteiger partial charge < -0.3 is 5.73 Å². The molecule has 0 aliphatic heterocycles. The summed E-state index contributed by atoms with van der Waals surface area (Å²) in [6.07, 6.45) is 3.60. The van der Waals surface area contributed by atoms with Gasteiger partial charge in [-0.25, -0.2) is 0 Å². The Bertz CT molecular complexity index is 313. The number of nitrogens with zero attached hydrogens (tertiary/aromatic N) is 2. The quantitative estimate of drug-likeness (QED) is 0.770. The molecule has 1 unspecified atom stereocenters. The Hall–Kier alpha value is -1.00. The Morgan fingerprint density at radius 3 is 2.60 bits per heavy atom. The molecule has 0 aliphatic rings. The smallest absolute Gasteiger partial charge is 0.0899 e. The Labute approximate surface area is 96.3 Å². The molecule has 1 heterocycles.